The van der Waals surface area contributed by atoms with Gasteiger partial charge >= 0.3 is 0 Å². The van der Waals surface area contributed by atoms with Crippen LogP contribution >= 0.6 is 24.8 Å². The summed E-state index contributed by atoms with van der Waals surface area (Å²) in [5, 5.41) is 0. The predicted molar refractivity (Wildman–Crippen MR) is 58.3 cm³/mol. The number of carbonyl (C=O) groups is 1. The summed E-state index contributed by atoms with van der Waals surface area (Å²) in [7, 11) is 0. The summed E-state index contributed by atoms with van der Waals surface area (Å²) in [6, 6.07) is 4.78. The fourth-order valence-electron chi connectivity index (χ4n) is 0.798. The first-order chi connectivity index (χ1) is 5.13. The molecule has 0 unspecified atom stereocenters. The van der Waals surface area contributed by atoms with E-state index in [-0.39, 0.29) is 36.1 Å². The zero-order valence-electron chi connectivity index (χ0n) is 6.69. The number of para-hydroxylation sites is 1. The molecule has 1 aromatic rings. The normalized spacial score (nSPS) is 8.00. The van der Waals surface area contributed by atoms with Crippen LogP contribution in [0.1, 0.15) is 10.4 Å². The minimum Gasteiger partial charge on any atom is -0.397 e. The van der Waals surface area contributed by atoms with E-state index in [1.807, 2.05) is 0 Å². The Balaban J connectivity index is 0. The van der Waals surface area contributed by atoms with E-state index in [2.05, 4.69) is 0 Å². The molecule has 1 rings (SSSR count). The molecular formula is C7H11Cl2N3O. The number of nitrogen functional groups attached to an aromatic ring is 2. The summed E-state index contributed by atoms with van der Waals surface area (Å²) in [5.74, 6) is -0.560. The van der Waals surface area contributed by atoms with Crippen LogP contribution in [-0.2, 0) is 0 Å². The van der Waals surface area contributed by atoms with Crippen molar-refractivity contribution in [3.05, 3.63) is 23.8 Å². The van der Waals surface area contributed by atoms with Crippen LogP contribution in [0.3, 0.4) is 0 Å². The maximum Gasteiger partial charge on any atom is 0.250 e. The highest BCUT2D eigenvalue weighted by Gasteiger charge is 2.05. The fourth-order valence-corrected chi connectivity index (χ4v) is 0.798. The first-order valence-electron chi connectivity index (χ1n) is 3.06. The standard InChI is InChI=1S/C7H9N3O.2ClH/c8-5-3-1-2-4(6(5)9)7(10)11;;/h1-3H,8-9H2,(H2,10,11);2*1H. The average molecular weight is 224 g/mol. The number of hydrogen-bond donors (Lipinski definition) is 3. The van der Waals surface area contributed by atoms with E-state index in [0.717, 1.165) is 0 Å². The molecule has 0 aliphatic heterocycles. The Morgan fingerprint density at radius 2 is 1.69 bits per heavy atom. The van der Waals surface area contributed by atoms with Crippen LogP contribution in [-0.4, -0.2) is 5.91 Å². The van der Waals surface area contributed by atoms with Gasteiger partial charge in [0.15, 0.2) is 0 Å². The molecule has 6 heteroatoms. The monoisotopic (exact) mass is 223 g/mol. The highest BCUT2D eigenvalue weighted by atomic mass is 35.5. The Kier molecular flexibility index (Phi) is 6.10. The lowest BCUT2D eigenvalue weighted by molar-refractivity contribution is 0.100. The molecule has 0 fully saturated rings. The van der Waals surface area contributed by atoms with Gasteiger partial charge in [0.25, 0.3) is 5.91 Å². The summed E-state index contributed by atoms with van der Waals surface area (Å²) in [6.45, 7) is 0. The van der Waals surface area contributed by atoms with E-state index in [9.17, 15) is 4.79 Å². The minimum absolute atomic E-state index is 0. The van der Waals surface area contributed by atoms with Crippen LogP contribution in [0.2, 0.25) is 0 Å². The zero-order valence-corrected chi connectivity index (χ0v) is 8.32. The van der Waals surface area contributed by atoms with Crippen LogP contribution in [0.4, 0.5) is 11.4 Å². The largest absolute Gasteiger partial charge is 0.397 e. The first kappa shape index (κ1) is 14.4. The van der Waals surface area contributed by atoms with Crippen LogP contribution in [0, 0.1) is 0 Å². The van der Waals surface area contributed by atoms with Crippen molar-refractivity contribution in [2.24, 2.45) is 5.73 Å². The molecule has 0 aliphatic rings. The first-order valence-corrected chi connectivity index (χ1v) is 3.06. The summed E-state index contributed by atoms with van der Waals surface area (Å²) < 4.78 is 0. The number of hydrogen-bond acceptors (Lipinski definition) is 3. The van der Waals surface area contributed by atoms with Crippen molar-refractivity contribution in [3.63, 3.8) is 0 Å². The fraction of sp³-hybridized carbons (Fsp3) is 0. The second-order valence-electron chi connectivity index (χ2n) is 2.17. The molecule has 1 aromatic carbocycles. The molecule has 74 valence electrons. The lowest BCUT2D eigenvalue weighted by Crippen LogP contribution is -2.14. The van der Waals surface area contributed by atoms with Gasteiger partial charge in [-0.25, -0.2) is 0 Å². The van der Waals surface area contributed by atoms with Gasteiger partial charge in [0, 0.05) is 0 Å². The van der Waals surface area contributed by atoms with E-state index in [1.54, 1.807) is 12.1 Å². The lowest BCUT2D eigenvalue weighted by atomic mass is 10.1. The number of primary amides is 1. The Morgan fingerprint density at radius 1 is 1.15 bits per heavy atom. The molecule has 0 saturated heterocycles. The van der Waals surface area contributed by atoms with Gasteiger partial charge in [-0.3, -0.25) is 4.79 Å². The smallest absolute Gasteiger partial charge is 0.250 e. The topological polar surface area (TPSA) is 95.1 Å². The Bertz CT molecular complexity index is 304. The maximum absolute atomic E-state index is 10.7. The molecular weight excluding hydrogens is 213 g/mol. The highest BCUT2D eigenvalue weighted by Crippen LogP contribution is 2.18. The molecule has 0 saturated carbocycles. The second kappa shape index (κ2) is 5.50. The number of amides is 1. The summed E-state index contributed by atoms with van der Waals surface area (Å²) in [4.78, 5) is 10.7. The van der Waals surface area contributed by atoms with Gasteiger partial charge in [-0.05, 0) is 12.1 Å². The third kappa shape index (κ3) is 3.01. The SMILES string of the molecule is Cl.Cl.NC(=O)c1cccc(N)c1N. The van der Waals surface area contributed by atoms with Crippen molar-refractivity contribution in [3.8, 4) is 0 Å². The maximum atomic E-state index is 10.7. The molecule has 0 heterocycles. The third-order valence-electron chi connectivity index (χ3n) is 1.41. The number of nitrogens with two attached hydrogens (primary N) is 3. The van der Waals surface area contributed by atoms with Gasteiger partial charge in [0.1, 0.15) is 0 Å². The van der Waals surface area contributed by atoms with Gasteiger partial charge in [-0.2, -0.15) is 0 Å². The zero-order chi connectivity index (χ0) is 8.43. The molecule has 6 N–H and O–H groups in total. The highest BCUT2D eigenvalue weighted by molar-refractivity contribution is 6.00. The molecule has 1 amide bonds. The van der Waals surface area contributed by atoms with Crippen LogP contribution in [0.25, 0.3) is 0 Å². The van der Waals surface area contributed by atoms with Gasteiger partial charge in [-0.15, -0.1) is 24.8 Å². The van der Waals surface area contributed by atoms with Crippen molar-refractivity contribution < 1.29 is 4.79 Å². The average Bonchev–Trinajstić information content (AvgIpc) is 1.94. The van der Waals surface area contributed by atoms with Crippen LogP contribution in [0.5, 0.6) is 0 Å². The number of rotatable bonds is 1. The van der Waals surface area contributed by atoms with Crippen LogP contribution < -0.4 is 17.2 Å². The van der Waals surface area contributed by atoms with E-state index in [1.165, 1.54) is 6.07 Å². The number of carbonyl (C=O) groups excluding carboxylic acids is 1. The van der Waals surface area contributed by atoms with E-state index < -0.39 is 5.91 Å². The van der Waals surface area contributed by atoms with E-state index >= 15 is 0 Å². The molecule has 0 spiro atoms. The summed E-state index contributed by atoms with van der Waals surface area (Å²) in [6.07, 6.45) is 0. The summed E-state index contributed by atoms with van der Waals surface area (Å²) in [5.41, 5.74) is 16.8. The van der Waals surface area contributed by atoms with E-state index in [0.29, 0.717) is 5.69 Å². The van der Waals surface area contributed by atoms with Gasteiger partial charge < -0.3 is 17.2 Å². The molecule has 0 radical (unpaired) electrons. The van der Waals surface area contributed by atoms with Crippen molar-refractivity contribution in [2.45, 2.75) is 0 Å². The van der Waals surface area contributed by atoms with Crippen molar-refractivity contribution in [1.82, 2.24) is 0 Å². The number of anilines is 2. The van der Waals surface area contributed by atoms with E-state index in [4.69, 9.17) is 17.2 Å². The van der Waals surface area contributed by atoms with Crippen molar-refractivity contribution >= 4 is 42.1 Å². The Labute approximate surface area is 88.3 Å². The van der Waals surface area contributed by atoms with Gasteiger partial charge in [-0.1, -0.05) is 6.07 Å². The lowest BCUT2D eigenvalue weighted by Gasteiger charge is -2.02. The van der Waals surface area contributed by atoms with Gasteiger partial charge in [0.05, 0.1) is 16.9 Å². The molecule has 13 heavy (non-hydrogen) atoms. The predicted octanol–water partition coefficient (Wildman–Crippen LogP) is 0.794. The molecule has 4 nitrogen and oxygen atoms in total. The molecule has 0 atom stereocenters. The molecule has 0 bridgehead atoms. The second-order valence-corrected chi connectivity index (χ2v) is 2.17. The molecule has 0 aliphatic carbocycles. The Morgan fingerprint density at radius 3 is 2.08 bits per heavy atom. The number of halogens is 2. The van der Waals surface area contributed by atoms with Crippen molar-refractivity contribution in [2.75, 3.05) is 11.5 Å². The number of benzene rings is 1. The van der Waals surface area contributed by atoms with Crippen molar-refractivity contribution in [1.29, 1.82) is 0 Å². The molecule has 0 aromatic heterocycles. The minimum atomic E-state index is -0.560. The van der Waals surface area contributed by atoms with Gasteiger partial charge in [0.2, 0.25) is 0 Å². The third-order valence-corrected chi connectivity index (χ3v) is 1.41. The van der Waals surface area contributed by atoms with Crippen LogP contribution in [0.15, 0.2) is 18.2 Å². The Hall–Kier alpha value is -1.13. The quantitative estimate of drug-likeness (QED) is 0.615. The summed E-state index contributed by atoms with van der Waals surface area (Å²) >= 11 is 0.